The molecule has 0 amide bonds. The number of hydrogen-bond acceptors (Lipinski definition) is 7. The summed E-state index contributed by atoms with van der Waals surface area (Å²) in [7, 11) is 1.74. The molecule has 3 saturated carbocycles. The predicted octanol–water partition coefficient (Wildman–Crippen LogP) is 4.15. The molecule has 0 bridgehead atoms. The highest BCUT2D eigenvalue weighted by Crippen LogP contribution is 2.68. The summed E-state index contributed by atoms with van der Waals surface area (Å²) in [6.45, 7) is 5.65. The summed E-state index contributed by atoms with van der Waals surface area (Å²) in [5.74, 6) is 0.619. The summed E-state index contributed by atoms with van der Waals surface area (Å²) in [5, 5.41) is 0.218. The molecular weight excluding hydrogens is 440 g/mol. The van der Waals surface area contributed by atoms with Crippen LogP contribution < -0.4 is 0 Å². The van der Waals surface area contributed by atoms with Crippen LogP contribution in [0.2, 0.25) is 0 Å². The van der Waals surface area contributed by atoms with E-state index < -0.39 is 5.97 Å². The average molecular weight is 477 g/mol. The van der Waals surface area contributed by atoms with Gasteiger partial charge in [0.1, 0.15) is 6.61 Å². The summed E-state index contributed by atoms with van der Waals surface area (Å²) in [5.41, 5.74) is 0.862. The SMILES string of the molecule is COC[C@]12CCC(=O)C=C1CC(SC(C)=O)[C@@H]1[C@@H]2CC[C@]2(C)[C@@H](C(=O)COC(C)=O)CC[C@@H]12. The van der Waals surface area contributed by atoms with Gasteiger partial charge in [-0.3, -0.25) is 19.2 Å². The van der Waals surface area contributed by atoms with Crippen LogP contribution in [0.25, 0.3) is 0 Å². The fraction of sp³-hybridized carbons (Fsp3) is 0.769. The quantitative estimate of drug-likeness (QED) is 0.532. The minimum Gasteiger partial charge on any atom is -0.458 e. The van der Waals surface area contributed by atoms with Crippen molar-refractivity contribution in [3.63, 3.8) is 0 Å². The Hall–Kier alpha value is -1.47. The second-order valence-electron chi connectivity index (χ2n) is 10.8. The van der Waals surface area contributed by atoms with Crippen molar-refractivity contribution >= 4 is 34.4 Å². The third-order valence-electron chi connectivity index (χ3n) is 9.21. The van der Waals surface area contributed by atoms with E-state index in [-0.39, 0.29) is 45.3 Å². The van der Waals surface area contributed by atoms with Crippen molar-refractivity contribution in [3.05, 3.63) is 11.6 Å². The van der Waals surface area contributed by atoms with E-state index in [1.54, 1.807) is 14.0 Å². The number of carbonyl (C=O) groups is 4. The first-order valence-electron chi connectivity index (χ1n) is 12.2. The van der Waals surface area contributed by atoms with Crippen molar-refractivity contribution in [2.75, 3.05) is 20.3 Å². The lowest BCUT2D eigenvalue weighted by molar-refractivity contribution is -0.149. The van der Waals surface area contributed by atoms with Crippen molar-refractivity contribution in [3.8, 4) is 0 Å². The predicted molar refractivity (Wildman–Crippen MR) is 125 cm³/mol. The minimum absolute atomic E-state index is 0.0238. The van der Waals surface area contributed by atoms with Crippen LogP contribution in [0.5, 0.6) is 0 Å². The highest BCUT2D eigenvalue weighted by atomic mass is 32.2. The minimum atomic E-state index is -0.426. The molecule has 4 rings (SSSR count). The summed E-state index contributed by atoms with van der Waals surface area (Å²) in [6.07, 6.45) is 7.58. The highest BCUT2D eigenvalue weighted by molar-refractivity contribution is 8.14. The van der Waals surface area contributed by atoms with E-state index in [0.29, 0.717) is 30.8 Å². The van der Waals surface area contributed by atoms with Gasteiger partial charge in [-0.1, -0.05) is 24.3 Å². The Morgan fingerprint density at radius 3 is 2.55 bits per heavy atom. The van der Waals surface area contributed by atoms with Crippen molar-refractivity contribution in [1.29, 1.82) is 0 Å². The number of fused-ring (bicyclic) bond motifs is 5. The Bertz CT molecular complexity index is 880. The summed E-state index contributed by atoms with van der Waals surface area (Å²) in [4.78, 5) is 48.9. The molecular formula is C26H36O6S. The van der Waals surface area contributed by atoms with Crippen LogP contribution in [0.4, 0.5) is 0 Å². The number of methoxy groups -OCH3 is 1. The van der Waals surface area contributed by atoms with Crippen LogP contribution in [-0.2, 0) is 28.7 Å². The van der Waals surface area contributed by atoms with E-state index in [9.17, 15) is 19.2 Å². The Morgan fingerprint density at radius 2 is 1.88 bits per heavy atom. The van der Waals surface area contributed by atoms with Crippen molar-refractivity contribution in [2.45, 2.75) is 71.0 Å². The van der Waals surface area contributed by atoms with Gasteiger partial charge >= 0.3 is 5.97 Å². The van der Waals surface area contributed by atoms with E-state index >= 15 is 0 Å². The Labute approximate surface area is 200 Å². The second kappa shape index (κ2) is 9.29. The number of ketones is 2. The van der Waals surface area contributed by atoms with Crippen LogP contribution in [0.15, 0.2) is 11.6 Å². The first-order valence-corrected chi connectivity index (χ1v) is 13.1. The zero-order chi connectivity index (χ0) is 24.0. The average Bonchev–Trinajstić information content (AvgIpc) is 3.09. The monoisotopic (exact) mass is 476 g/mol. The molecule has 182 valence electrons. The number of Topliss-reactive ketones (excluding diaryl/α,β-unsaturated/α-hetero) is 1. The molecule has 0 aromatic carbocycles. The Kier molecular flexibility index (Phi) is 6.94. The summed E-state index contributed by atoms with van der Waals surface area (Å²) < 4.78 is 10.8. The molecule has 3 fully saturated rings. The van der Waals surface area contributed by atoms with E-state index in [1.165, 1.54) is 24.3 Å². The van der Waals surface area contributed by atoms with E-state index in [0.717, 1.165) is 38.5 Å². The molecule has 0 aromatic rings. The van der Waals surface area contributed by atoms with Gasteiger partial charge in [-0.2, -0.15) is 0 Å². The molecule has 0 heterocycles. The number of thioether (sulfide) groups is 1. The van der Waals surface area contributed by atoms with Crippen LogP contribution in [-0.4, -0.2) is 48.2 Å². The lowest BCUT2D eigenvalue weighted by Gasteiger charge is -2.60. The number of carbonyl (C=O) groups excluding carboxylic acids is 4. The smallest absolute Gasteiger partial charge is 0.303 e. The van der Waals surface area contributed by atoms with Gasteiger partial charge in [0.2, 0.25) is 0 Å². The molecule has 0 radical (unpaired) electrons. The van der Waals surface area contributed by atoms with Crippen LogP contribution >= 0.6 is 11.8 Å². The molecule has 6 nitrogen and oxygen atoms in total. The van der Waals surface area contributed by atoms with Gasteiger partial charge < -0.3 is 9.47 Å². The topological polar surface area (TPSA) is 86.7 Å². The molecule has 33 heavy (non-hydrogen) atoms. The van der Waals surface area contributed by atoms with Crippen molar-refractivity contribution in [1.82, 2.24) is 0 Å². The molecule has 0 aliphatic heterocycles. The first-order chi connectivity index (χ1) is 15.6. The summed E-state index contributed by atoms with van der Waals surface area (Å²) >= 11 is 1.42. The largest absolute Gasteiger partial charge is 0.458 e. The number of esters is 1. The Morgan fingerprint density at radius 1 is 1.12 bits per heavy atom. The second-order valence-corrected chi connectivity index (χ2v) is 12.2. The van der Waals surface area contributed by atoms with Gasteiger partial charge in [-0.05, 0) is 67.8 Å². The van der Waals surface area contributed by atoms with Gasteiger partial charge in [-0.15, -0.1) is 0 Å². The van der Waals surface area contributed by atoms with E-state index in [1.807, 2.05) is 6.08 Å². The van der Waals surface area contributed by atoms with Gasteiger partial charge in [0, 0.05) is 44.0 Å². The maximum Gasteiger partial charge on any atom is 0.303 e. The normalized spacial score (nSPS) is 39.7. The van der Waals surface area contributed by atoms with Gasteiger partial charge in [-0.25, -0.2) is 0 Å². The number of hydrogen-bond donors (Lipinski definition) is 0. The molecule has 0 spiro atoms. The molecule has 7 heteroatoms. The third kappa shape index (κ3) is 4.24. The lowest BCUT2D eigenvalue weighted by Crippen LogP contribution is -2.57. The molecule has 1 unspecified atom stereocenters. The fourth-order valence-electron chi connectivity index (χ4n) is 7.98. The molecule has 7 atom stereocenters. The number of rotatable bonds is 6. The maximum absolute atomic E-state index is 13.1. The standard InChI is InChI=1S/C26H36O6S/c1-15(27)32-13-22(30)19-5-6-20-24-21(8-9-25(19,20)3)26(14-31-4)10-7-18(29)11-17(26)12-23(24)33-16(2)28/h11,19-21,23-24H,5-10,12-14H2,1-4H3/t19-,20+,21+,23?,24+,25-,26-/m1/s1. The first kappa shape index (κ1) is 24.6. The molecule has 0 aromatic heterocycles. The van der Waals surface area contributed by atoms with Gasteiger partial charge in [0.25, 0.3) is 0 Å². The van der Waals surface area contributed by atoms with Crippen molar-refractivity contribution < 1.29 is 28.7 Å². The van der Waals surface area contributed by atoms with Crippen molar-refractivity contribution in [2.24, 2.45) is 34.5 Å². The van der Waals surface area contributed by atoms with Crippen LogP contribution in [0.3, 0.4) is 0 Å². The van der Waals surface area contributed by atoms with Gasteiger partial charge in [0.15, 0.2) is 16.7 Å². The van der Waals surface area contributed by atoms with Gasteiger partial charge in [0.05, 0.1) is 6.61 Å². The summed E-state index contributed by atoms with van der Waals surface area (Å²) in [6, 6.07) is 0. The lowest BCUT2D eigenvalue weighted by atomic mass is 9.46. The van der Waals surface area contributed by atoms with E-state index in [4.69, 9.17) is 9.47 Å². The molecule has 4 aliphatic rings. The molecule has 4 aliphatic carbocycles. The number of ether oxygens (including phenoxy) is 2. The Balaban J connectivity index is 1.70. The third-order valence-corrected chi connectivity index (χ3v) is 10.3. The van der Waals surface area contributed by atoms with Crippen LogP contribution in [0, 0.1) is 34.5 Å². The fourth-order valence-corrected chi connectivity index (χ4v) is 9.20. The maximum atomic E-state index is 13.1. The zero-order valence-corrected chi connectivity index (χ0v) is 21.0. The van der Waals surface area contributed by atoms with E-state index in [2.05, 4.69) is 6.92 Å². The highest BCUT2D eigenvalue weighted by Gasteiger charge is 2.63. The zero-order valence-electron chi connectivity index (χ0n) is 20.2. The molecule has 0 N–H and O–H groups in total. The molecule has 0 saturated heterocycles. The van der Waals surface area contributed by atoms with Crippen LogP contribution in [0.1, 0.15) is 65.7 Å².